The van der Waals surface area contributed by atoms with Crippen LogP contribution in [0.4, 0.5) is 4.39 Å². The molecule has 0 radical (unpaired) electrons. The summed E-state index contributed by atoms with van der Waals surface area (Å²) in [6.07, 6.45) is 3.69. The Morgan fingerprint density at radius 3 is 2.78 bits per heavy atom. The molecular formula is C23H30FN5O3. The molecule has 9 heteroatoms. The van der Waals surface area contributed by atoms with Crippen LogP contribution in [-0.4, -0.2) is 61.2 Å². The Morgan fingerprint density at radius 1 is 1.41 bits per heavy atom. The number of aliphatic imine (C=N–C) groups is 1. The molecule has 0 aliphatic carbocycles. The van der Waals surface area contributed by atoms with Crippen molar-refractivity contribution in [2.75, 3.05) is 26.7 Å². The molecule has 2 rings (SSSR count). The summed E-state index contributed by atoms with van der Waals surface area (Å²) in [7, 11) is 1.95. The van der Waals surface area contributed by atoms with E-state index in [1.807, 2.05) is 7.05 Å². The van der Waals surface area contributed by atoms with E-state index >= 15 is 0 Å². The van der Waals surface area contributed by atoms with Crippen LogP contribution in [0.1, 0.15) is 38.3 Å². The molecule has 1 fully saturated rings. The van der Waals surface area contributed by atoms with Crippen molar-refractivity contribution < 1.29 is 18.7 Å². The van der Waals surface area contributed by atoms with E-state index in [-0.39, 0.29) is 29.5 Å². The number of likely N-dealkylation sites (N-methyl/N-ethyl adjacent to an activating group) is 1. The topological polar surface area (TPSA) is 98.0 Å². The molecule has 0 bridgehead atoms. The third-order valence-corrected chi connectivity index (χ3v) is 5.01. The Labute approximate surface area is 188 Å². The van der Waals surface area contributed by atoms with Crippen LogP contribution < -0.4 is 5.32 Å². The van der Waals surface area contributed by atoms with Crippen LogP contribution in [-0.2, 0) is 20.9 Å². The molecular weight excluding hydrogens is 413 g/mol. The molecule has 172 valence electrons. The lowest BCUT2D eigenvalue weighted by Crippen LogP contribution is -2.38. The minimum atomic E-state index is -0.600. The lowest BCUT2D eigenvalue weighted by atomic mass is 9.88. The number of hydrogen-bond acceptors (Lipinski definition) is 6. The van der Waals surface area contributed by atoms with E-state index in [4.69, 9.17) is 10.00 Å². The van der Waals surface area contributed by atoms with Gasteiger partial charge in [-0.25, -0.2) is 4.39 Å². The smallest absolute Gasteiger partial charge is 0.236 e. The number of rotatable bonds is 9. The molecule has 1 aromatic carbocycles. The first kappa shape index (κ1) is 24.9. The number of amides is 2. The normalized spacial score (nSPS) is 17.9. The maximum absolute atomic E-state index is 13.5. The van der Waals surface area contributed by atoms with E-state index in [2.05, 4.69) is 40.9 Å². The van der Waals surface area contributed by atoms with Gasteiger partial charge in [0.25, 0.3) is 0 Å². The summed E-state index contributed by atoms with van der Waals surface area (Å²) >= 11 is 0. The molecule has 0 aromatic heterocycles. The Bertz CT molecular complexity index is 917. The first-order valence-electron chi connectivity index (χ1n) is 10.4. The number of carbonyl (C=O) groups is 2. The standard InChI is InChI=1S/C23H30FN5O3/c1-23(2,3)11-19-13-28(4)22(29(19)8-7-26-15-30)10-21(27-16-31)32-14-17-5-6-20(24)18(9-17)12-25/h5-6,9-10,15-16,19H,7-8,11,13-14H2,1-4H3,(H,26,30)/b22-10+,27-21?. The van der Waals surface area contributed by atoms with Crippen molar-refractivity contribution in [1.82, 2.24) is 15.1 Å². The Balaban J connectivity index is 2.25. The van der Waals surface area contributed by atoms with Gasteiger partial charge in [0.15, 0.2) is 0 Å². The molecule has 0 spiro atoms. The van der Waals surface area contributed by atoms with E-state index in [0.717, 1.165) is 18.8 Å². The van der Waals surface area contributed by atoms with Gasteiger partial charge in [0.05, 0.1) is 5.56 Å². The van der Waals surface area contributed by atoms with Crippen molar-refractivity contribution in [1.29, 1.82) is 5.26 Å². The fraction of sp³-hybridized carbons (Fsp3) is 0.478. The quantitative estimate of drug-likeness (QED) is 0.272. The number of hydrogen-bond donors (Lipinski definition) is 1. The minimum Gasteiger partial charge on any atom is -0.473 e. The highest BCUT2D eigenvalue weighted by molar-refractivity contribution is 5.92. The molecule has 1 atom stereocenters. The predicted octanol–water partition coefficient (Wildman–Crippen LogP) is 2.41. The summed E-state index contributed by atoms with van der Waals surface area (Å²) in [6.45, 7) is 8.40. The van der Waals surface area contributed by atoms with Crippen molar-refractivity contribution in [2.24, 2.45) is 10.4 Å². The number of nitrogens with zero attached hydrogens (tertiary/aromatic N) is 4. The second-order valence-electron chi connectivity index (χ2n) is 8.85. The summed E-state index contributed by atoms with van der Waals surface area (Å²) < 4.78 is 19.3. The molecule has 0 saturated carbocycles. The van der Waals surface area contributed by atoms with Crippen molar-refractivity contribution in [2.45, 2.75) is 39.8 Å². The molecule has 1 heterocycles. The molecule has 1 aliphatic rings. The van der Waals surface area contributed by atoms with Gasteiger partial charge in [-0.15, -0.1) is 0 Å². The highest BCUT2D eigenvalue weighted by Crippen LogP contribution is 2.31. The summed E-state index contributed by atoms with van der Waals surface area (Å²) in [5.41, 5.74) is 0.610. The van der Waals surface area contributed by atoms with Gasteiger partial charge in [0.1, 0.15) is 24.3 Å². The van der Waals surface area contributed by atoms with Gasteiger partial charge < -0.3 is 19.9 Å². The van der Waals surface area contributed by atoms with Crippen LogP contribution in [0.3, 0.4) is 0 Å². The maximum Gasteiger partial charge on any atom is 0.236 e. The largest absolute Gasteiger partial charge is 0.473 e. The maximum atomic E-state index is 13.5. The van der Waals surface area contributed by atoms with Crippen LogP contribution in [0.5, 0.6) is 0 Å². The zero-order valence-corrected chi connectivity index (χ0v) is 19.0. The lowest BCUT2D eigenvalue weighted by Gasteiger charge is -2.31. The average molecular weight is 444 g/mol. The SMILES string of the molecule is CN1CC(CC(C)(C)C)N(CCNC=O)/C1=C/C(=NC=O)OCc1ccc(F)c(C#N)c1. The molecule has 1 saturated heterocycles. The van der Waals surface area contributed by atoms with E-state index in [0.29, 0.717) is 31.5 Å². The van der Waals surface area contributed by atoms with Gasteiger partial charge in [-0.3, -0.25) is 9.59 Å². The van der Waals surface area contributed by atoms with Crippen LogP contribution in [0.15, 0.2) is 35.1 Å². The van der Waals surface area contributed by atoms with E-state index < -0.39 is 5.82 Å². The zero-order chi connectivity index (χ0) is 23.7. The third-order valence-electron chi connectivity index (χ3n) is 5.01. The lowest BCUT2D eigenvalue weighted by molar-refractivity contribution is -0.109. The first-order chi connectivity index (χ1) is 15.2. The van der Waals surface area contributed by atoms with Crippen LogP contribution in [0.2, 0.25) is 0 Å². The minimum absolute atomic E-state index is 0.0211. The summed E-state index contributed by atoms with van der Waals surface area (Å²) in [5.74, 6) is 0.330. The average Bonchev–Trinajstić information content (AvgIpc) is 3.00. The number of ether oxygens (including phenoxy) is 1. The highest BCUT2D eigenvalue weighted by Gasteiger charge is 2.34. The van der Waals surface area contributed by atoms with Gasteiger partial charge in [-0.1, -0.05) is 26.8 Å². The monoisotopic (exact) mass is 443 g/mol. The second-order valence-corrected chi connectivity index (χ2v) is 8.85. The van der Waals surface area contributed by atoms with Crippen molar-refractivity contribution >= 4 is 18.7 Å². The van der Waals surface area contributed by atoms with Gasteiger partial charge in [-0.2, -0.15) is 10.3 Å². The first-order valence-corrected chi connectivity index (χ1v) is 10.4. The summed E-state index contributed by atoms with van der Waals surface area (Å²) in [5, 5.41) is 11.7. The molecule has 1 unspecified atom stereocenters. The van der Waals surface area contributed by atoms with E-state index in [9.17, 15) is 14.0 Å². The van der Waals surface area contributed by atoms with Crippen molar-refractivity contribution in [3.8, 4) is 6.07 Å². The summed E-state index contributed by atoms with van der Waals surface area (Å²) in [4.78, 5) is 29.9. The molecule has 8 nitrogen and oxygen atoms in total. The van der Waals surface area contributed by atoms with Crippen LogP contribution in [0, 0.1) is 22.6 Å². The van der Waals surface area contributed by atoms with Gasteiger partial charge >= 0.3 is 0 Å². The molecule has 1 aliphatic heterocycles. The predicted molar refractivity (Wildman–Crippen MR) is 119 cm³/mol. The number of nitriles is 1. The zero-order valence-electron chi connectivity index (χ0n) is 19.0. The van der Waals surface area contributed by atoms with Crippen molar-refractivity contribution in [3.63, 3.8) is 0 Å². The highest BCUT2D eigenvalue weighted by atomic mass is 19.1. The molecule has 1 aromatic rings. The number of carbonyl (C=O) groups excluding carboxylic acids is 2. The van der Waals surface area contributed by atoms with Gasteiger partial charge in [0, 0.05) is 38.8 Å². The Kier molecular flexibility index (Phi) is 8.76. The van der Waals surface area contributed by atoms with Gasteiger partial charge in [0.2, 0.25) is 18.7 Å². The third kappa shape index (κ3) is 7.08. The molecule has 2 amide bonds. The number of benzene rings is 1. The molecule has 1 N–H and O–H groups in total. The fourth-order valence-electron chi connectivity index (χ4n) is 3.71. The number of halogens is 1. The van der Waals surface area contributed by atoms with Gasteiger partial charge in [-0.05, 0) is 29.5 Å². The van der Waals surface area contributed by atoms with Crippen molar-refractivity contribution in [3.05, 3.63) is 47.0 Å². The second kappa shape index (κ2) is 11.3. The Hall–Kier alpha value is -3.41. The Morgan fingerprint density at radius 2 is 2.16 bits per heavy atom. The summed E-state index contributed by atoms with van der Waals surface area (Å²) in [6, 6.07) is 6.13. The van der Waals surface area contributed by atoms with Crippen LogP contribution >= 0.6 is 0 Å². The van der Waals surface area contributed by atoms with E-state index in [1.165, 1.54) is 18.2 Å². The van der Waals surface area contributed by atoms with Crippen LogP contribution in [0.25, 0.3) is 0 Å². The number of nitrogens with one attached hydrogen (secondary N) is 1. The molecule has 32 heavy (non-hydrogen) atoms. The van der Waals surface area contributed by atoms with E-state index in [1.54, 1.807) is 12.1 Å². The fourth-order valence-corrected chi connectivity index (χ4v) is 3.71.